The maximum Gasteiger partial charge on any atom is 0.279 e. The van der Waals surface area contributed by atoms with Crippen molar-refractivity contribution in [3.05, 3.63) is 60.0 Å². The maximum absolute atomic E-state index is 12.8. The van der Waals surface area contributed by atoms with Crippen molar-refractivity contribution >= 4 is 48.3 Å². The third kappa shape index (κ3) is 4.58. The van der Waals surface area contributed by atoms with E-state index in [2.05, 4.69) is 30.0 Å². The highest BCUT2D eigenvalue weighted by Gasteiger charge is 2.20. The van der Waals surface area contributed by atoms with Crippen LogP contribution in [0.25, 0.3) is 10.2 Å². The zero-order valence-corrected chi connectivity index (χ0v) is 19.4. The monoisotopic (exact) mass is 483 g/mol. The second-order valence-corrected chi connectivity index (χ2v) is 10.4. The number of thiazole rings is 1. The number of aryl methyl sites for hydroxylation is 1. The fraction of sp³-hybridized carbons (Fsp3) is 0.238. The van der Waals surface area contributed by atoms with E-state index < -0.39 is 10.0 Å². The molecular weight excluding hydrogens is 462 g/mol. The quantitative estimate of drug-likeness (QED) is 0.448. The first-order valence-electron chi connectivity index (χ1n) is 10.3. The number of fused-ring (bicyclic) bond motifs is 2. The van der Waals surface area contributed by atoms with E-state index in [-0.39, 0.29) is 10.9 Å². The molecule has 33 heavy (non-hydrogen) atoms. The fourth-order valence-electron chi connectivity index (χ4n) is 3.65. The third-order valence-electron chi connectivity index (χ3n) is 5.21. The van der Waals surface area contributed by atoms with E-state index in [9.17, 15) is 13.2 Å². The van der Waals surface area contributed by atoms with Crippen LogP contribution in [0.5, 0.6) is 0 Å². The van der Waals surface area contributed by atoms with Crippen molar-refractivity contribution in [1.29, 1.82) is 0 Å². The number of anilines is 2. The highest BCUT2D eigenvalue weighted by Crippen LogP contribution is 2.29. The van der Waals surface area contributed by atoms with E-state index in [1.165, 1.54) is 23.6 Å². The first-order valence-corrected chi connectivity index (χ1v) is 12.6. The second-order valence-electron chi connectivity index (χ2n) is 7.76. The number of amides is 1. The van der Waals surface area contributed by atoms with Gasteiger partial charge in [0.05, 0.1) is 21.6 Å². The smallest absolute Gasteiger partial charge is 0.279 e. The topological polar surface area (TPSA) is 122 Å². The van der Waals surface area contributed by atoms with Crippen molar-refractivity contribution in [3.63, 3.8) is 0 Å². The minimum atomic E-state index is -3.80. The minimum Gasteiger partial charge on any atom is -0.300 e. The summed E-state index contributed by atoms with van der Waals surface area (Å²) in [5.41, 5.74) is 2.40. The molecule has 0 aliphatic carbocycles. The Morgan fingerprint density at radius 1 is 1.15 bits per heavy atom. The second kappa shape index (κ2) is 8.54. The molecule has 0 saturated carbocycles. The lowest BCUT2D eigenvalue weighted by molar-refractivity contribution is 0.102. The predicted octanol–water partition coefficient (Wildman–Crippen LogP) is 2.78. The SMILES string of the molecule is CN1CCCn2nc(C(=O)Nc3nc4ccc(NS(=O)(=O)c5ccccn5)cc4s3)cc2C1. The lowest BCUT2D eigenvalue weighted by Gasteiger charge is -2.10. The number of hydrogen-bond acceptors (Lipinski definition) is 8. The Hall–Kier alpha value is -3.35. The van der Waals surface area contributed by atoms with Gasteiger partial charge in [-0.3, -0.25) is 19.5 Å². The molecule has 1 aliphatic heterocycles. The van der Waals surface area contributed by atoms with Crippen LogP contribution >= 0.6 is 11.3 Å². The summed E-state index contributed by atoms with van der Waals surface area (Å²) in [7, 11) is -1.75. The minimum absolute atomic E-state index is 0.0629. The molecule has 0 bridgehead atoms. The first-order chi connectivity index (χ1) is 15.9. The Balaban J connectivity index is 1.33. The van der Waals surface area contributed by atoms with E-state index in [1.807, 2.05) is 17.8 Å². The van der Waals surface area contributed by atoms with Crippen molar-refractivity contribution in [1.82, 2.24) is 24.6 Å². The van der Waals surface area contributed by atoms with Crippen molar-refractivity contribution in [2.45, 2.75) is 24.5 Å². The molecule has 0 fully saturated rings. The summed E-state index contributed by atoms with van der Waals surface area (Å²) in [4.78, 5) is 23.3. The number of nitrogens with one attached hydrogen (secondary N) is 2. The third-order valence-corrected chi connectivity index (χ3v) is 7.44. The number of hydrogen-bond donors (Lipinski definition) is 2. The van der Waals surface area contributed by atoms with Gasteiger partial charge in [0.15, 0.2) is 15.9 Å². The normalized spacial score (nSPS) is 14.6. The van der Waals surface area contributed by atoms with Gasteiger partial charge in [-0.05, 0) is 49.9 Å². The summed E-state index contributed by atoms with van der Waals surface area (Å²) < 4.78 is 30.2. The number of carbonyl (C=O) groups excluding carboxylic acids is 1. The summed E-state index contributed by atoms with van der Waals surface area (Å²) in [5.74, 6) is -0.326. The Morgan fingerprint density at radius 2 is 2.03 bits per heavy atom. The molecule has 4 aromatic rings. The Labute approximate surface area is 194 Å². The molecule has 0 unspecified atom stereocenters. The highest BCUT2D eigenvalue weighted by atomic mass is 32.2. The van der Waals surface area contributed by atoms with Gasteiger partial charge in [0.2, 0.25) is 0 Å². The predicted molar refractivity (Wildman–Crippen MR) is 126 cm³/mol. The first kappa shape index (κ1) is 21.5. The Kier molecular flexibility index (Phi) is 5.56. The molecule has 0 radical (unpaired) electrons. The van der Waals surface area contributed by atoms with Gasteiger partial charge in [0.25, 0.3) is 15.9 Å². The molecule has 0 saturated heterocycles. The summed E-state index contributed by atoms with van der Waals surface area (Å²) in [5, 5.41) is 7.61. The molecule has 1 aliphatic rings. The van der Waals surface area contributed by atoms with Gasteiger partial charge >= 0.3 is 0 Å². The molecule has 0 atom stereocenters. The van der Waals surface area contributed by atoms with Crippen molar-refractivity contribution in [3.8, 4) is 0 Å². The van der Waals surface area contributed by atoms with Crippen molar-refractivity contribution in [2.75, 3.05) is 23.6 Å². The molecule has 5 rings (SSSR count). The molecule has 4 heterocycles. The largest absolute Gasteiger partial charge is 0.300 e. The van der Waals surface area contributed by atoms with E-state index in [0.717, 1.165) is 36.4 Å². The molecule has 1 aromatic carbocycles. The number of sulfonamides is 1. The number of aromatic nitrogens is 4. The van der Waals surface area contributed by atoms with Crippen LogP contribution in [-0.4, -0.2) is 52.6 Å². The fourth-order valence-corrected chi connectivity index (χ4v) is 5.55. The van der Waals surface area contributed by atoms with Crippen LogP contribution in [0.2, 0.25) is 0 Å². The molecule has 10 nitrogen and oxygen atoms in total. The zero-order chi connectivity index (χ0) is 23.0. The van der Waals surface area contributed by atoms with Gasteiger partial charge in [-0.1, -0.05) is 17.4 Å². The van der Waals surface area contributed by atoms with Crippen molar-refractivity contribution in [2.24, 2.45) is 0 Å². The molecule has 170 valence electrons. The molecule has 1 amide bonds. The van der Waals surface area contributed by atoms with Crippen LogP contribution in [0.3, 0.4) is 0 Å². The number of nitrogens with zero attached hydrogens (tertiary/aromatic N) is 5. The van der Waals surface area contributed by atoms with E-state index in [1.54, 1.807) is 30.3 Å². The van der Waals surface area contributed by atoms with E-state index >= 15 is 0 Å². The molecular formula is C21H21N7O3S2. The van der Waals surface area contributed by atoms with E-state index in [0.29, 0.717) is 22.0 Å². The summed E-state index contributed by atoms with van der Waals surface area (Å²) in [6.07, 6.45) is 2.41. The zero-order valence-electron chi connectivity index (χ0n) is 17.7. The van der Waals surface area contributed by atoms with E-state index in [4.69, 9.17) is 0 Å². The van der Waals surface area contributed by atoms with Gasteiger partial charge in [0.1, 0.15) is 0 Å². The van der Waals surface area contributed by atoms with Crippen LogP contribution in [0.1, 0.15) is 22.6 Å². The van der Waals surface area contributed by atoms with Crippen molar-refractivity contribution < 1.29 is 13.2 Å². The summed E-state index contributed by atoms with van der Waals surface area (Å²) in [6.45, 7) is 2.53. The van der Waals surface area contributed by atoms with Gasteiger partial charge in [-0.15, -0.1) is 0 Å². The standard InChI is InChI=1S/C21H21N7O3S2/c1-27-9-4-10-28-15(13-27)12-17(25-28)20(29)24-21-23-16-7-6-14(11-18(16)32-21)26-33(30,31)19-5-2-3-8-22-19/h2-3,5-8,11-12,26H,4,9-10,13H2,1H3,(H,23,24,29). The van der Waals surface area contributed by atoms with Crippen LogP contribution in [0, 0.1) is 0 Å². The number of benzene rings is 1. The molecule has 2 N–H and O–H groups in total. The van der Waals surface area contributed by atoms with Crippen LogP contribution in [-0.2, 0) is 23.1 Å². The van der Waals surface area contributed by atoms with Crippen LogP contribution < -0.4 is 10.0 Å². The average Bonchev–Trinajstić information content (AvgIpc) is 3.32. The van der Waals surface area contributed by atoms with Crippen LogP contribution in [0.15, 0.2) is 53.7 Å². The van der Waals surface area contributed by atoms with Gasteiger partial charge < -0.3 is 4.90 Å². The summed E-state index contributed by atoms with van der Waals surface area (Å²) in [6, 6.07) is 11.5. The molecule has 0 spiro atoms. The Morgan fingerprint density at radius 3 is 2.85 bits per heavy atom. The van der Waals surface area contributed by atoms with Gasteiger partial charge in [-0.2, -0.15) is 13.5 Å². The van der Waals surface area contributed by atoms with Crippen LogP contribution in [0.4, 0.5) is 10.8 Å². The molecule has 12 heteroatoms. The molecule has 3 aromatic heterocycles. The Bertz CT molecular complexity index is 1430. The maximum atomic E-state index is 12.8. The summed E-state index contributed by atoms with van der Waals surface area (Å²) >= 11 is 1.26. The highest BCUT2D eigenvalue weighted by molar-refractivity contribution is 7.92. The number of rotatable bonds is 5. The van der Waals surface area contributed by atoms with Gasteiger partial charge in [0, 0.05) is 25.8 Å². The number of carbonyl (C=O) groups is 1. The lowest BCUT2D eigenvalue weighted by atomic mass is 10.3. The lowest BCUT2D eigenvalue weighted by Crippen LogP contribution is -2.17. The van der Waals surface area contributed by atoms with Gasteiger partial charge in [-0.25, -0.2) is 9.97 Å². The number of pyridine rings is 1. The average molecular weight is 484 g/mol.